The quantitative estimate of drug-likeness (QED) is 0.725. The molecule has 5 nitrogen and oxygen atoms in total. The number of hydrogen-bond acceptors (Lipinski definition) is 5. The number of carbonyl (C=O) groups excluding carboxylic acids is 1. The van der Waals surface area contributed by atoms with Gasteiger partial charge in [-0.15, -0.1) is 0 Å². The largest absolute Gasteiger partial charge is 0.491 e. The molecule has 0 spiro atoms. The van der Waals surface area contributed by atoms with Gasteiger partial charge in [-0.1, -0.05) is 15.9 Å². The first-order valence-corrected chi connectivity index (χ1v) is 7.86. The summed E-state index contributed by atoms with van der Waals surface area (Å²) in [5, 5.41) is 9.84. The van der Waals surface area contributed by atoms with Gasteiger partial charge < -0.3 is 19.3 Å². The first-order chi connectivity index (χ1) is 11.5. The Labute approximate surface area is 147 Å². The molecule has 2 aromatic rings. The van der Waals surface area contributed by atoms with Gasteiger partial charge in [-0.2, -0.15) is 0 Å². The molecule has 0 saturated heterocycles. The summed E-state index contributed by atoms with van der Waals surface area (Å²) in [6.07, 6.45) is -0.937. The fraction of sp³-hybridized carbons (Fsp3) is 0.235. The fourth-order valence-corrected chi connectivity index (χ4v) is 2.16. The topological polar surface area (TPSA) is 65.0 Å². The normalized spacial score (nSPS) is 11.7. The number of rotatable bonds is 7. The van der Waals surface area contributed by atoms with E-state index in [-0.39, 0.29) is 19.0 Å². The lowest BCUT2D eigenvalue weighted by Gasteiger charge is -2.14. The molecule has 7 heteroatoms. The van der Waals surface area contributed by atoms with E-state index in [0.717, 1.165) is 0 Å². The van der Waals surface area contributed by atoms with Gasteiger partial charge in [-0.25, -0.2) is 9.18 Å². The Bertz CT molecular complexity index is 690. The number of halogens is 2. The molecule has 1 atom stereocenters. The number of carbonyl (C=O) groups is 1. The molecule has 2 aromatic carbocycles. The maximum atomic E-state index is 13.6. The predicted molar refractivity (Wildman–Crippen MR) is 88.9 cm³/mol. The summed E-state index contributed by atoms with van der Waals surface area (Å²) in [6.45, 7) is -0.144. The van der Waals surface area contributed by atoms with Crippen molar-refractivity contribution in [1.82, 2.24) is 0 Å². The molecule has 0 fully saturated rings. The van der Waals surface area contributed by atoms with E-state index in [1.54, 1.807) is 30.3 Å². The Morgan fingerprint density at radius 3 is 2.46 bits per heavy atom. The summed E-state index contributed by atoms with van der Waals surface area (Å²) in [4.78, 5) is 11.3. The van der Waals surface area contributed by atoms with Gasteiger partial charge in [0.15, 0.2) is 11.6 Å². The lowest BCUT2D eigenvalue weighted by Crippen LogP contribution is -2.25. The highest BCUT2D eigenvalue weighted by atomic mass is 79.9. The highest BCUT2D eigenvalue weighted by molar-refractivity contribution is 9.10. The van der Waals surface area contributed by atoms with Crippen molar-refractivity contribution in [2.75, 3.05) is 20.3 Å². The van der Waals surface area contributed by atoms with Gasteiger partial charge >= 0.3 is 5.97 Å². The second kappa shape index (κ2) is 8.65. The van der Waals surface area contributed by atoms with Crippen molar-refractivity contribution in [3.05, 3.63) is 58.3 Å². The first-order valence-electron chi connectivity index (χ1n) is 7.06. The Kier molecular flexibility index (Phi) is 6.57. The third-order valence-electron chi connectivity index (χ3n) is 3.04. The van der Waals surface area contributed by atoms with Gasteiger partial charge in [-0.3, -0.25) is 0 Å². The number of benzene rings is 2. The van der Waals surface area contributed by atoms with Gasteiger partial charge in [0.25, 0.3) is 0 Å². The lowest BCUT2D eigenvalue weighted by molar-refractivity contribution is 0.0595. The molecule has 0 amide bonds. The molecule has 0 bridgehead atoms. The van der Waals surface area contributed by atoms with Crippen molar-refractivity contribution in [2.24, 2.45) is 0 Å². The number of methoxy groups -OCH3 is 1. The van der Waals surface area contributed by atoms with Crippen molar-refractivity contribution in [1.29, 1.82) is 0 Å². The van der Waals surface area contributed by atoms with Crippen LogP contribution in [0, 0.1) is 5.82 Å². The highest BCUT2D eigenvalue weighted by Crippen LogP contribution is 2.21. The van der Waals surface area contributed by atoms with Gasteiger partial charge in [0.05, 0.1) is 12.7 Å². The number of esters is 1. The van der Waals surface area contributed by atoms with Crippen molar-refractivity contribution >= 4 is 21.9 Å². The average molecular weight is 399 g/mol. The number of aliphatic hydroxyl groups excluding tert-OH is 1. The summed E-state index contributed by atoms with van der Waals surface area (Å²) in [5.41, 5.74) is 0.402. The predicted octanol–water partition coefficient (Wildman–Crippen LogP) is 3.19. The van der Waals surface area contributed by atoms with E-state index < -0.39 is 17.9 Å². The van der Waals surface area contributed by atoms with Crippen molar-refractivity contribution in [2.45, 2.75) is 6.10 Å². The maximum absolute atomic E-state index is 13.6. The molecule has 0 heterocycles. The zero-order valence-electron chi connectivity index (χ0n) is 12.9. The van der Waals surface area contributed by atoms with Crippen LogP contribution in [0.3, 0.4) is 0 Å². The van der Waals surface area contributed by atoms with E-state index in [2.05, 4.69) is 20.7 Å². The molecule has 0 aliphatic carbocycles. The molecule has 1 unspecified atom stereocenters. The third kappa shape index (κ3) is 5.21. The van der Waals surface area contributed by atoms with Crippen LogP contribution < -0.4 is 9.47 Å². The Balaban J connectivity index is 1.80. The van der Waals surface area contributed by atoms with Crippen LogP contribution in [0.2, 0.25) is 0 Å². The zero-order valence-corrected chi connectivity index (χ0v) is 14.5. The second-order valence-electron chi connectivity index (χ2n) is 4.87. The minimum Gasteiger partial charge on any atom is -0.491 e. The lowest BCUT2D eigenvalue weighted by atomic mass is 10.2. The first kappa shape index (κ1) is 18.2. The van der Waals surface area contributed by atoms with Crippen LogP contribution in [-0.4, -0.2) is 37.5 Å². The van der Waals surface area contributed by atoms with Crippen LogP contribution in [-0.2, 0) is 4.74 Å². The molecule has 0 aromatic heterocycles. The summed E-state index contributed by atoms with van der Waals surface area (Å²) in [7, 11) is 1.30. The van der Waals surface area contributed by atoms with E-state index in [1.165, 1.54) is 19.2 Å². The van der Waals surface area contributed by atoms with Crippen LogP contribution >= 0.6 is 15.9 Å². The molecular weight excluding hydrogens is 383 g/mol. The van der Waals surface area contributed by atoms with Crippen molar-refractivity contribution < 1.29 is 28.5 Å². The van der Waals surface area contributed by atoms with E-state index in [1.807, 2.05) is 0 Å². The Hall–Kier alpha value is -2.12. The SMILES string of the molecule is COC(=O)c1ccc(OCC(O)COc2ccc(Br)cc2F)cc1. The van der Waals surface area contributed by atoms with Crippen LogP contribution in [0.1, 0.15) is 10.4 Å². The summed E-state index contributed by atoms with van der Waals surface area (Å²) >= 11 is 3.15. The van der Waals surface area contributed by atoms with Crippen molar-refractivity contribution in [3.8, 4) is 11.5 Å². The smallest absolute Gasteiger partial charge is 0.337 e. The minimum absolute atomic E-state index is 0.0320. The summed E-state index contributed by atoms with van der Waals surface area (Å²) in [5.74, 6) is -0.418. The molecule has 128 valence electrons. The standard InChI is InChI=1S/C17H16BrFO5/c1-22-17(21)11-2-5-14(6-3-11)23-9-13(20)10-24-16-7-4-12(18)8-15(16)19/h2-8,13,20H,9-10H2,1H3. The van der Waals surface area contributed by atoms with Crippen molar-refractivity contribution in [3.63, 3.8) is 0 Å². The molecule has 0 aliphatic rings. The summed E-state index contributed by atoms with van der Waals surface area (Å²) < 4.78 is 29.4. The number of aliphatic hydroxyl groups is 1. The number of ether oxygens (including phenoxy) is 3. The average Bonchev–Trinajstić information content (AvgIpc) is 2.59. The van der Waals surface area contributed by atoms with Crippen LogP contribution in [0.5, 0.6) is 11.5 Å². The third-order valence-corrected chi connectivity index (χ3v) is 3.54. The fourth-order valence-electron chi connectivity index (χ4n) is 1.82. The number of hydrogen-bond donors (Lipinski definition) is 1. The van der Waals surface area contributed by atoms with E-state index >= 15 is 0 Å². The van der Waals surface area contributed by atoms with Crippen LogP contribution in [0.4, 0.5) is 4.39 Å². The summed E-state index contributed by atoms with van der Waals surface area (Å²) in [6, 6.07) is 10.7. The second-order valence-corrected chi connectivity index (χ2v) is 5.78. The van der Waals surface area contributed by atoms with Gasteiger partial charge in [-0.05, 0) is 42.5 Å². The molecule has 0 aliphatic heterocycles. The van der Waals surface area contributed by atoms with Gasteiger partial charge in [0.1, 0.15) is 25.1 Å². The Morgan fingerprint density at radius 1 is 1.17 bits per heavy atom. The molecule has 1 N–H and O–H groups in total. The molecular formula is C17H16BrFO5. The van der Waals surface area contributed by atoms with Crippen LogP contribution in [0.25, 0.3) is 0 Å². The van der Waals surface area contributed by atoms with Crippen LogP contribution in [0.15, 0.2) is 46.9 Å². The molecule has 0 saturated carbocycles. The monoisotopic (exact) mass is 398 g/mol. The van der Waals surface area contributed by atoms with Gasteiger partial charge in [0.2, 0.25) is 0 Å². The molecule has 2 rings (SSSR count). The molecule has 0 radical (unpaired) electrons. The molecule has 24 heavy (non-hydrogen) atoms. The highest BCUT2D eigenvalue weighted by Gasteiger charge is 2.10. The Morgan fingerprint density at radius 2 is 1.83 bits per heavy atom. The van der Waals surface area contributed by atoms with Gasteiger partial charge in [0, 0.05) is 4.47 Å². The van der Waals surface area contributed by atoms with E-state index in [0.29, 0.717) is 15.8 Å². The van der Waals surface area contributed by atoms with E-state index in [9.17, 15) is 14.3 Å². The maximum Gasteiger partial charge on any atom is 0.337 e. The zero-order chi connectivity index (χ0) is 17.5. The van der Waals surface area contributed by atoms with E-state index in [4.69, 9.17) is 9.47 Å². The minimum atomic E-state index is -0.937.